The molecule has 0 bridgehead atoms. The van der Waals surface area contributed by atoms with Gasteiger partial charge in [-0.05, 0) is 26.0 Å². The minimum Gasteiger partial charge on any atom is -0.302 e. The van der Waals surface area contributed by atoms with Crippen molar-refractivity contribution >= 4 is 6.29 Å². The van der Waals surface area contributed by atoms with Gasteiger partial charge in [-0.25, -0.2) is 4.68 Å². The largest absolute Gasteiger partial charge is 0.302 e. The van der Waals surface area contributed by atoms with Crippen molar-refractivity contribution in [2.24, 2.45) is 0 Å². The second-order valence-electron chi connectivity index (χ2n) is 4.22. The van der Waals surface area contributed by atoms with Crippen molar-refractivity contribution in [2.45, 2.75) is 19.3 Å². The molecule has 2 aromatic rings. The maximum atomic E-state index is 10.9. The average Bonchev–Trinajstić information content (AvgIpc) is 2.80. The summed E-state index contributed by atoms with van der Waals surface area (Å²) < 4.78 is 1.67. The van der Waals surface area contributed by atoms with Gasteiger partial charge in [0.25, 0.3) is 0 Å². The molecule has 0 saturated heterocycles. The molecule has 0 radical (unpaired) electrons. The van der Waals surface area contributed by atoms with E-state index in [2.05, 4.69) is 10.3 Å². The van der Waals surface area contributed by atoms with Crippen LogP contribution in [0.4, 0.5) is 0 Å². The predicted octanol–water partition coefficient (Wildman–Crippen LogP) is 1.74. The maximum absolute atomic E-state index is 10.9. The van der Waals surface area contributed by atoms with Crippen molar-refractivity contribution in [3.63, 3.8) is 0 Å². The van der Waals surface area contributed by atoms with Crippen molar-refractivity contribution in [3.05, 3.63) is 42.2 Å². The summed E-state index contributed by atoms with van der Waals surface area (Å²) in [6.45, 7) is 3.64. The van der Waals surface area contributed by atoms with Crippen molar-refractivity contribution < 1.29 is 4.79 Å². The van der Waals surface area contributed by atoms with Gasteiger partial charge >= 0.3 is 0 Å². The summed E-state index contributed by atoms with van der Waals surface area (Å²) in [7, 11) is 0. The van der Waals surface area contributed by atoms with E-state index in [1.54, 1.807) is 10.9 Å². The van der Waals surface area contributed by atoms with Gasteiger partial charge in [0.15, 0.2) is 0 Å². The van der Waals surface area contributed by atoms with Crippen LogP contribution in [0.2, 0.25) is 0 Å². The van der Waals surface area contributed by atoms with Crippen LogP contribution in [0, 0.1) is 0 Å². The van der Waals surface area contributed by atoms with Crippen LogP contribution in [0.1, 0.15) is 19.5 Å². The zero-order valence-electron chi connectivity index (χ0n) is 9.29. The Bertz CT molecular complexity index is 488. The fraction of sp³-hybridized carbons (Fsp3) is 0.250. The number of carbonyl (C=O) groups is 1. The molecule has 0 fully saturated rings. The van der Waals surface area contributed by atoms with Gasteiger partial charge in [0.05, 0.1) is 23.0 Å². The van der Waals surface area contributed by atoms with E-state index in [0.29, 0.717) is 5.69 Å². The molecule has 0 unspecified atom stereocenters. The van der Waals surface area contributed by atoms with E-state index in [9.17, 15) is 4.79 Å². The van der Waals surface area contributed by atoms with Gasteiger partial charge in [0.1, 0.15) is 6.29 Å². The minimum absolute atomic E-state index is 0.590. The molecule has 4 heteroatoms. The van der Waals surface area contributed by atoms with Crippen molar-refractivity contribution in [2.75, 3.05) is 0 Å². The van der Waals surface area contributed by atoms with Gasteiger partial charge in [-0.3, -0.25) is 0 Å². The third kappa shape index (κ3) is 1.86. The Morgan fingerprint density at radius 1 is 1.25 bits per heavy atom. The topological polar surface area (TPSA) is 47.8 Å². The molecule has 0 aliphatic rings. The van der Waals surface area contributed by atoms with E-state index in [4.69, 9.17) is 0 Å². The van der Waals surface area contributed by atoms with Crippen molar-refractivity contribution in [1.82, 2.24) is 15.0 Å². The fourth-order valence-electron chi connectivity index (χ4n) is 1.33. The Hall–Kier alpha value is -1.97. The monoisotopic (exact) mass is 215 g/mol. The third-order valence-electron chi connectivity index (χ3n) is 2.47. The molecule has 1 aromatic carbocycles. The molecule has 0 aliphatic heterocycles. The Kier molecular flexibility index (Phi) is 2.56. The number of nitrogens with zero attached hydrogens (tertiary/aromatic N) is 3. The highest BCUT2D eigenvalue weighted by atomic mass is 16.1. The number of aldehydes is 1. The van der Waals surface area contributed by atoms with E-state index in [1.165, 1.54) is 0 Å². The molecule has 16 heavy (non-hydrogen) atoms. The Morgan fingerprint density at radius 3 is 2.56 bits per heavy atom. The summed E-state index contributed by atoms with van der Waals surface area (Å²) >= 11 is 0. The lowest BCUT2D eigenvalue weighted by Crippen LogP contribution is -2.19. The number of carbonyl (C=O) groups excluding carboxylic acids is 1. The summed E-state index contributed by atoms with van der Waals surface area (Å²) in [5.41, 5.74) is 1.02. The van der Waals surface area contributed by atoms with Crippen molar-refractivity contribution in [3.8, 4) is 5.69 Å². The lowest BCUT2D eigenvalue weighted by atomic mass is 9.92. The highest BCUT2D eigenvalue weighted by molar-refractivity contribution is 5.65. The van der Waals surface area contributed by atoms with Crippen LogP contribution in [0.15, 0.2) is 36.5 Å². The number of hydrogen-bond acceptors (Lipinski definition) is 3. The van der Waals surface area contributed by atoms with Gasteiger partial charge in [0, 0.05) is 0 Å². The van der Waals surface area contributed by atoms with Crippen LogP contribution in [-0.4, -0.2) is 21.3 Å². The van der Waals surface area contributed by atoms with Crippen molar-refractivity contribution in [1.29, 1.82) is 0 Å². The maximum Gasteiger partial charge on any atom is 0.131 e. The average molecular weight is 215 g/mol. The molecule has 0 saturated carbocycles. The van der Waals surface area contributed by atoms with Gasteiger partial charge in [-0.15, -0.1) is 5.10 Å². The van der Waals surface area contributed by atoms with Gasteiger partial charge in [-0.1, -0.05) is 23.4 Å². The smallest absolute Gasteiger partial charge is 0.131 e. The van der Waals surface area contributed by atoms with Crippen LogP contribution in [0.5, 0.6) is 0 Å². The second kappa shape index (κ2) is 3.89. The summed E-state index contributed by atoms with van der Waals surface area (Å²) in [4.78, 5) is 10.9. The Labute approximate surface area is 93.9 Å². The zero-order chi connectivity index (χ0) is 11.6. The summed E-state index contributed by atoms with van der Waals surface area (Å²) in [5.74, 6) is 0. The number of aromatic nitrogens is 3. The number of para-hydroxylation sites is 1. The normalized spacial score (nSPS) is 11.4. The first kappa shape index (κ1) is 10.5. The van der Waals surface area contributed by atoms with Gasteiger partial charge in [-0.2, -0.15) is 0 Å². The molecule has 0 amide bonds. The van der Waals surface area contributed by atoms with Gasteiger partial charge in [0.2, 0.25) is 0 Å². The van der Waals surface area contributed by atoms with E-state index >= 15 is 0 Å². The number of hydrogen-bond donors (Lipinski definition) is 0. The van der Waals surface area contributed by atoms with E-state index in [-0.39, 0.29) is 0 Å². The lowest BCUT2D eigenvalue weighted by Gasteiger charge is -2.11. The molecular formula is C12H13N3O. The first-order valence-electron chi connectivity index (χ1n) is 5.08. The van der Waals surface area contributed by atoms with Crippen LogP contribution in [0.3, 0.4) is 0 Å². The first-order chi connectivity index (χ1) is 7.63. The molecule has 0 spiro atoms. The highest BCUT2D eigenvalue weighted by Gasteiger charge is 2.23. The molecule has 4 nitrogen and oxygen atoms in total. The van der Waals surface area contributed by atoms with Crippen LogP contribution in [0.25, 0.3) is 5.69 Å². The quantitative estimate of drug-likeness (QED) is 0.733. The fourth-order valence-corrected chi connectivity index (χ4v) is 1.33. The lowest BCUT2D eigenvalue weighted by molar-refractivity contribution is -0.111. The van der Waals surface area contributed by atoms with E-state index in [1.807, 2.05) is 44.2 Å². The molecule has 82 valence electrons. The number of rotatable bonds is 3. The van der Waals surface area contributed by atoms with E-state index in [0.717, 1.165) is 12.0 Å². The Morgan fingerprint density at radius 2 is 1.94 bits per heavy atom. The van der Waals surface area contributed by atoms with Gasteiger partial charge < -0.3 is 4.79 Å². The summed E-state index contributed by atoms with van der Waals surface area (Å²) in [6.07, 6.45) is 2.66. The molecule has 0 aliphatic carbocycles. The zero-order valence-corrected chi connectivity index (χ0v) is 9.29. The molecule has 2 rings (SSSR count). The molecule has 0 N–H and O–H groups in total. The third-order valence-corrected chi connectivity index (χ3v) is 2.47. The first-order valence-corrected chi connectivity index (χ1v) is 5.08. The number of benzene rings is 1. The predicted molar refractivity (Wildman–Crippen MR) is 60.4 cm³/mol. The van der Waals surface area contributed by atoms with E-state index < -0.39 is 5.41 Å². The molecule has 1 heterocycles. The van der Waals surface area contributed by atoms with Crippen LogP contribution >= 0.6 is 0 Å². The summed E-state index contributed by atoms with van der Waals surface area (Å²) in [5, 5.41) is 8.03. The van der Waals surface area contributed by atoms with Crippen LogP contribution in [-0.2, 0) is 10.2 Å². The van der Waals surface area contributed by atoms with Crippen LogP contribution < -0.4 is 0 Å². The standard InChI is InChI=1S/C12H13N3O/c1-12(2,9-16)11-8-15(14-13-11)10-6-4-3-5-7-10/h3-9H,1-2H3. The highest BCUT2D eigenvalue weighted by Crippen LogP contribution is 2.18. The molecule has 0 atom stereocenters. The second-order valence-corrected chi connectivity index (χ2v) is 4.22. The summed E-state index contributed by atoms with van der Waals surface area (Å²) in [6, 6.07) is 9.68. The SMILES string of the molecule is CC(C)(C=O)c1cn(-c2ccccc2)nn1. The molecular weight excluding hydrogens is 202 g/mol. The Balaban J connectivity index is 2.37. The molecule has 1 aromatic heterocycles. The minimum atomic E-state index is -0.590.